The summed E-state index contributed by atoms with van der Waals surface area (Å²) in [4.78, 5) is 17.5. The van der Waals surface area contributed by atoms with E-state index in [9.17, 15) is 28.2 Å². The highest BCUT2D eigenvalue weighted by molar-refractivity contribution is 5.94. The highest BCUT2D eigenvalue weighted by Gasteiger charge is 2.30. The van der Waals surface area contributed by atoms with Crippen molar-refractivity contribution in [1.82, 2.24) is 14.9 Å². The average Bonchev–Trinajstić information content (AvgIpc) is 2.76. The molecule has 0 radical (unpaired) electrons. The van der Waals surface area contributed by atoms with Gasteiger partial charge in [-0.25, -0.2) is 4.98 Å². The fourth-order valence-corrected chi connectivity index (χ4v) is 4.21. The van der Waals surface area contributed by atoms with E-state index < -0.39 is 29.5 Å². The van der Waals surface area contributed by atoms with Crippen LogP contribution in [0.3, 0.4) is 0 Å². The van der Waals surface area contributed by atoms with Crippen LogP contribution in [0.4, 0.5) is 13.2 Å². The Morgan fingerprint density at radius 1 is 1.21 bits per heavy atom. The van der Waals surface area contributed by atoms with Crippen LogP contribution in [0.15, 0.2) is 53.6 Å². The molecule has 0 saturated carbocycles. The third-order valence-electron chi connectivity index (χ3n) is 5.84. The minimum absolute atomic E-state index is 0. The molecule has 0 spiro atoms. The Hall–Kier alpha value is -2.46. The second-order valence-electron chi connectivity index (χ2n) is 8.14. The minimum atomic E-state index is -4.50. The molecule has 2 aromatic carbocycles. The molecule has 1 saturated heterocycles. The Labute approximate surface area is 194 Å². The highest BCUT2D eigenvalue weighted by atomic mass is 35.5. The Kier molecular flexibility index (Phi) is 7.79. The molecule has 1 aliphatic heterocycles. The zero-order valence-corrected chi connectivity index (χ0v) is 18.4. The van der Waals surface area contributed by atoms with Crippen LogP contribution in [0.25, 0.3) is 22.0 Å². The molecule has 1 unspecified atom stereocenters. The standard InChI is InChI=1S/C23H24F3N3O3.ClH/c24-23(25,26)15-5-1-4-14(10-15)17-6-2-7-18-21(17)22(32)29(13-28-18)12-16(30)11-19-20(31)8-3-9-27-19;/h1-2,4-7,10,13,16,19-20,27,30-31H,3,8-9,11-12H2;1H/t16?,19-,20+;/m1./s1. The van der Waals surface area contributed by atoms with Gasteiger partial charge < -0.3 is 15.5 Å². The van der Waals surface area contributed by atoms with Crippen molar-refractivity contribution in [2.45, 2.75) is 50.2 Å². The maximum Gasteiger partial charge on any atom is 0.416 e. The van der Waals surface area contributed by atoms with Gasteiger partial charge in [0.25, 0.3) is 5.56 Å². The maximum atomic E-state index is 13.2. The van der Waals surface area contributed by atoms with E-state index in [1.807, 2.05) is 0 Å². The summed E-state index contributed by atoms with van der Waals surface area (Å²) in [5.74, 6) is 0. The number of hydrogen-bond acceptors (Lipinski definition) is 5. The number of alkyl halides is 3. The van der Waals surface area contributed by atoms with Gasteiger partial charge in [-0.1, -0.05) is 24.3 Å². The highest BCUT2D eigenvalue weighted by Crippen LogP contribution is 2.33. The summed E-state index contributed by atoms with van der Waals surface area (Å²) in [6, 6.07) is 9.40. The molecule has 0 amide bonds. The van der Waals surface area contributed by atoms with E-state index in [1.54, 1.807) is 18.2 Å². The number of fused-ring (bicyclic) bond motifs is 1. The van der Waals surface area contributed by atoms with Gasteiger partial charge in [0.2, 0.25) is 0 Å². The number of nitrogens with zero attached hydrogens (tertiary/aromatic N) is 2. The van der Waals surface area contributed by atoms with Gasteiger partial charge in [-0.15, -0.1) is 12.4 Å². The second kappa shape index (κ2) is 10.2. The molecule has 1 aliphatic rings. The van der Waals surface area contributed by atoms with Crippen LogP contribution in [-0.4, -0.2) is 44.6 Å². The Morgan fingerprint density at radius 2 is 1.97 bits per heavy atom. The van der Waals surface area contributed by atoms with Gasteiger partial charge >= 0.3 is 6.18 Å². The van der Waals surface area contributed by atoms with Crippen molar-refractivity contribution >= 4 is 23.3 Å². The number of aliphatic hydroxyl groups excluding tert-OH is 2. The number of rotatable bonds is 5. The summed E-state index contributed by atoms with van der Waals surface area (Å²) < 4.78 is 40.8. The number of hydrogen-bond donors (Lipinski definition) is 3. The van der Waals surface area contributed by atoms with Gasteiger partial charge in [-0.05, 0) is 55.1 Å². The monoisotopic (exact) mass is 483 g/mol. The fraction of sp³-hybridized carbons (Fsp3) is 0.391. The first-order valence-corrected chi connectivity index (χ1v) is 10.5. The summed E-state index contributed by atoms with van der Waals surface area (Å²) >= 11 is 0. The van der Waals surface area contributed by atoms with E-state index in [4.69, 9.17) is 0 Å². The van der Waals surface area contributed by atoms with Gasteiger partial charge in [0.05, 0.1) is 41.5 Å². The lowest BCUT2D eigenvalue weighted by Crippen LogP contribution is -2.47. The SMILES string of the molecule is Cl.O=c1c2c(-c3cccc(C(F)(F)F)c3)cccc2ncn1CC(O)C[C@H]1NCCC[C@@H]1O. The predicted molar refractivity (Wildman–Crippen MR) is 121 cm³/mol. The largest absolute Gasteiger partial charge is 0.416 e. The van der Waals surface area contributed by atoms with Crippen LogP contribution < -0.4 is 10.9 Å². The molecule has 6 nitrogen and oxygen atoms in total. The van der Waals surface area contributed by atoms with Crippen LogP contribution in [0.5, 0.6) is 0 Å². The number of aliphatic hydroxyl groups is 2. The Bertz CT molecular complexity index is 1170. The van der Waals surface area contributed by atoms with Crippen molar-refractivity contribution in [1.29, 1.82) is 0 Å². The topological polar surface area (TPSA) is 87.4 Å². The molecule has 10 heteroatoms. The number of nitrogens with one attached hydrogen (secondary N) is 1. The minimum Gasteiger partial charge on any atom is -0.392 e. The van der Waals surface area contributed by atoms with Crippen LogP contribution in [0.2, 0.25) is 0 Å². The number of piperidine rings is 1. The number of halogens is 4. The van der Waals surface area contributed by atoms with Gasteiger partial charge in [0.15, 0.2) is 0 Å². The fourth-order valence-electron chi connectivity index (χ4n) is 4.21. The molecule has 33 heavy (non-hydrogen) atoms. The van der Waals surface area contributed by atoms with E-state index in [0.29, 0.717) is 17.5 Å². The van der Waals surface area contributed by atoms with E-state index >= 15 is 0 Å². The van der Waals surface area contributed by atoms with Crippen LogP contribution >= 0.6 is 12.4 Å². The average molecular weight is 484 g/mol. The smallest absolute Gasteiger partial charge is 0.392 e. The lowest BCUT2D eigenvalue weighted by molar-refractivity contribution is -0.137. The molecule has 3 atom stereocenters. The first kappa shape index (κ1) is 25.2. The molecule has 0 aliphatic carbocycles. The lowest BCUT2D eigenvalue weighted by atomic mass is 9.96. The van der Waals surface area contributed by atoms with Gasteiger partial charge in [0.1, 0.15) is 0 Å². The first-order valence-electron chi connectivity index (χ1n) is 10.5. The zero-order chi connectivity index (χ0) is 22.9. The molecule has 4 rings (SSSR count). The molecular weight excluding hydrogens is 459 g/mol. The molecule has 3 aromatic rings. The summed E-state index contributed by atoms with van der Waals surface area (Å²) in [5, 5.41) is 24.0. The van der Waals surface area contributed by atoms with Crippen molar-refractivity contribution in [3.63, 3.8) is 0 Å². The summed E-state index contributed by atoms with van der Waals surface area (Å²) in [6.07, 6.45) is -2.85. The lowest BCUT2D eigenvalue weighted by Gasteiger charge is -2.30. The normalized spacial score (nSPS) is 19.8. The first-order chi connectivity index (χ1) is 15.2. The Morgan fingerprint density at radius 3 is 2.70 bits per heavy atom. The van der Waals surface area contributed by atoms with Crippen molar-refractivity contribution < 1.29 is 23.4 Å². The van der Waals surface area contributed by atoms with E-state index in [0.717, 1.165) is 25.1 Å². The summed E-state index contributed by atoms with van der Waals surface area (Å²) in [7, 11) is 0. The molecule has 1 fully saturated rings. The quantitative estimate of drug-likeness (QED) is 0.518. The second-order valence-corrected chi connectivity index (χ2v) is 8.14. The third kappa shape index (κ3) is 5.55. The predicted octanol–water partition coefficient (Wildman–Crippen LogP) is 3.37. The number of benzene rings is 2. The van der Waals surface area contributed by atoms with Crippen LogP contribution in [0, 0.1) is 0 Å². The maximum absolute atomic E-state index is 13.2. The summed E-state index contributed by atoms with van der Waals surface area (Å²) in [6.45, 7) is 0.718. The van der Waals surface area contributed by atoms with E-state index in [-0.39, 0.29) is 42.4 Å². The van der Waals surface area contributed by atoms with Gasteiger partial charge in [-0.3, -0.25) is 9.36 Å². The molecule has 1 aromatic heterocycles. The van der Waals surface area contributed by atoms with Crippen molar-refractivity contribution in [3.8, 4) is 11.1 Å². The molecule has 178 valence electrons. The van der Waals surface area contributed by atoms with Crippen LogP contribution in [0.1, 0.15) is 24.8 Å². The Balaban J connectivity index is 0.00000306. The summed E-state index contributed by atoms with van der Waals surface area (Å²) in [5.41, 5.74) is -0.277. The van der Waals surface area contributed by atoms with Crippen LogP contribution in [-0.2, 0) is 12.7 Å². The molecule has 0 bridgehead atoms. The van der Waals surface area contributed by atoms with E-state index in [2.05, 4.69) is 10.3 Å². The van der Waals surface area contributed by atoms with Gasteiger partial charge in [-0.2, -0.15) is 13.2 Å². The number of aromatic nitrogens is 2. The van der Waals surface area contributed by atoms with E-state index in [1.165, 1.54) is 23.0 Å². The van der Waals surface area contributed by atoms with Crippen molar-refractivity contribution in [2.75, 3.05) is 6.54 Å². The van der Waals surface area contributed by atoms with Gasteiger partial charge in [0, 0.05) is 6.04 Å². The molecule has 2 heterocycles. The molecular formula is C23H25ClF3N3O3. The van der Waals surface area contributed by atoms with Crippen molar-refractivity contribution in [3.05, 3.63) is 64.7 Å². The third-order valence-corrected chi connectivity index (χ3v) is 5.84. The molecule has 3 N–H and O–H groups in total. The van der Waals surface area contributed by atoms with Crippen molar-refractivity contribution in [2.24, 2.45) is 0 Å². The zero-order valence-electron chi connectivity index (χ0n) is 17.6.